The molecule has 1 fully saturated rings. The average Bonchev–Trinajstić information content (AvgIpc) is 2.70. The van der Waals surface area contributed by atoms with Crippen molar-refractivity contribution in [3.63, 3.8) is 0 Å². The number of carbonyl (C=O) groups is 2. The number of nitrogens with zero attached hydrogens (tertiary/aromatic N) is 3. The fourth-order valence-corrected chi connectivity index (χ4v) is 3.27. The number of aromatic nitrogens is 2. The monoisotopic (exact) mass is 467 g/mol. The molecule has 1 unspecified atom stereocenters. The van der Waals surface area contributed by atoms with Gasteiger partial charge in [-0.1, -0.05) is 18.2 Å². The molecule has 0 bridgehead atoms. The summed E-state index contributed by atoms with van der Waals surface area (Å²) < 4.78 is 29.2. The van der Waals surface area contributed by atoms with E-state index in [4.69, 9.17) is 17.3 Å². The van der Waals surface area contributed by atoms with E-state index >= 15 is 0 Å². The lowest BCUT2D eigenvalue weighted by atomic mass is 9.99. The van der Waals surface area contributed by atoms with Crippen LogP contribution in [0, 0.1) is 0 Å². The Morgan fingerprint density at radius 2 is 2.03 bits per heavy atom. The molecule has 170 valence electrons. The van der Waals surface area contributed by atoms with Crippen LogP contribution >= 0.6 is 11.6 Å². The average molecular weight is 468 g/mol. The summed E-state index contributed by atoms with van der Waals surface area (Å²) in [7, 11) is 0. The van der Waals surface area contributed by atoms with Crippen molar-refractivity contribution < 1.29 is 28.2 Å². The number of aliphatic hydroxyl groups is 1. The van der Waals surface area contributed by atoms with Gasteiger partial charge in [-0.25, -0.2) is 9.97 Å². The Kier molecular flexibility index (Phi) is 7.21. The highest BCUT2D eigenvalue weighted by molar-refractivity contribution is 6.30. The molecule has 0 aliphatic carbocycles. The van der Waals surface area contributed by atoms with Gasteiger partial charge in [0.25, 0.3) is 5.91 Å². The first-order chi connectivity index (χ1) is 15.2. The van der Waals surface area contributed by atoms with Crippen LogP contribution in [0.25, 0.3) is 5.70 Å². The molecule has 1 aromatic carbocycles. The van der Waals surface area contributed by atoms with Gasteiger partial charge in [0.2, 0.25) is 5.91 Å². The quantitative estimate of drug-likeness (QED) is 0.537. The Balaban J connectivity index is 1.61. The molecule has 2 amide bonds. The molecule has 2 aromatic rings. The molecule has 0 spiro atoms. The summed E-state index contributed by atoms with van der Waals surface area (Å²) in [5, 5.41) is 13.1. The molecule has 9 nitrogen and oxygen atoms in total. The molecule has 32 heavy (non-hydrogen) atoms. The minimum absolute atomic E-state index is 0.00660. The minimum atomic E-state index is -3.09. The molecule has 1 aromatic heterocycles. The first-order valence-corrected chi connectivity index (χ1v) is 9.80. The third kappa shape index (κ3) is 5.48. The van der Waals surface area contributed by atoms with E-state index in [1.165, 1.54) is 23.4 Å². The molecule has 3 rings (SSSR count). The van der Waals surface area contributed by atoms with Crippen LogP contribution in [-0.4, -0.2) is 51.0 Å². The number of hydrogen-bond acceptors (Lipinski definition) is 7. The van der Waals surface area contributed by atoms with Gasteiger partial charge < -0.3 is 25.8 Å². The van der Waals surface area contributed by atoms with Crippen LogP contribution in [-0.2, 0) is 16.1 Å². The molecule has 0 radical (unpaired) electrons. The maximum atomic E-state index is 12.7. The van der Waals surface area contributed by atoms with E-state index in [9.17, 15) is 23.5 Å². The lowest BCUT2D eigenvalue weighted by molar-refractivity contribution is -0.154. The zero-order valence-corrected chi connectivity index (χ0v) is 17.4. The molecular formula is C20H20ClF2N5O4. The zero-order valence-electron chi connectivity index (χ0n) is 16.7. The van der Waals surface area contributed by atoms with E-state index in [1.807, 2.05) is 0 Å². The number of alkyl halides is 2. The standard InChI is InChI=1S/C20H20ClF2N5O4/c1-10(24)12-7-25-16(26-8-12)9-27-18(30)15-2-3-28(15)19(31)17(29)11-4-13(21)6-14(5-11)32-20(22)23/h4-8,15,17,20,29H,1-3,9,24H2,(H,27,30)/t15-,17?/m0/s1. The highest BCUT2D eigenvalue weighted by atomic mass is 35.5. The summed E-state index contributed by atoms with van der Waals surface area (Å²) in [6.07, 6.45) is 1.64. The molecule has 1 aliphatic heterocycles. The van der Waals surface area contributed by atoms with Gasteiger partial charge in [0, 0.05) is 35.2 Å². The predicted molar refractivity (Wildman–Crippen MR) is 110 cm³/mol. The van der Waals surface area contributed by atoms with Crippen LogP contribution in [0.4, 0.5) is 8.78 Å². The third-order valence-corrected chi connectivity index (χ3v) is 4.99. The van der Waals surface area contributed by atoms with E-state index in [1.54, 1.807) is 0 Å². The second-order valence-corrected chi connectivity index (χ2v) is 7.40. The number of aliphatic hydroxyl groups excluding tert-OH is 1. The first kappa shape index (κ1) is 23.4. The number of likely N-dealkylation sites (tertiary alicyclic amines) is 1. The lowest BCUT2D eigenvalue weighted by Crippen LogP contribution is -2.59. The van der Waals surface area contributed by atoms with Crippen molar-refractivity contribution in [2.75, 3.05) is 6.54 Å². The third-order valence-electron chi connectivity index (χ3n) is 4.77. The number of rotatable bonds is 8. The SMILES string of the molecule is C=C(N)c1cnc(CNC(=O)[C@@H]2CCN2C(=O)C(O)c2cc(Cl)cc(OC(F)F)c2)nc1. The maximum Gasteiger partial charge on any atom is 0.387 e. The highest BCUT2D eigenvalue weighted by Crippen LogP contribution is 2.29. The van der Waals surface area contributed by atoms with Crippen LogP contribution in [0.1, 0.15) is 29.5 Å². The van der Waals surface area contributed by atoms with E-state index in [0.29, 0.717) is 23.5 Å². The number of halogens is 3. The van der Waals surface area contributed by atoms with E-state index in [2.05, 4.69) is 26.6 Å². The Morgan fingerprint density at radius 3 is 2.59 bits per heavy atom. The normalized spacial score (nSPS) is 16.3. The van der Waals surface area contributed by atoms with Crippen LogP contribution < -0.4 is 15.8 Å². The van der Waals surface area contributed by atoms with Crippen LogP contribution in [0.2, 0.25) is 5.02 Å². The second kappa shape index (κ2) is 9.88. The molecule has 12 heteroatoms. The van der Waals surface area contributed by atoms with E-state index in [0.717, 1.165) is 12.1 Å². The van der Waals surface area contributed by atoms with Crippen molar-refractivity contribution in [3.8, 4) is 5.75 Å². The number of nitrogens with two attached hydrogens (primary N) is 1. The smallest absolute Gasteiger partial charge is 0.387 e. The summed E-state index contributed by atoms with van der Waals surface area (Å²) >= 11 is 5.87. The first-order valence-electron chi connectivity index (χ1n) is 9.43. The van der Waals surface area contributed by atoms with Gasteiger partial charge in [0.15, 0.2) is 6.10 Å². The molecular weight excluding hydrogens is 448 g/mol. The maximum absolute atomic E-state index is 12.7. The Labute approximate surface area is 186 Å². The Bertz CT molecular complexity index is 1020. The van der Waals surface area contributed by atoms with Gasteiger partial charge in [-0.15, -0.1) is 0 Å². The van der Waals surface area contributed by atoms with Crippen molar-refractivity contribution in [2.24, 2.45) is 5.73 Å². The Hall–Kier alpha value is -3.31. The number of ether oxygens (including phenoxy) is 1. The number of amides is 2. The summed E-state index contributed by atoms with van der Waals surface area (Å²) in [5.74, 6) is -1.16. The summed E-state index contributed by atoms with van der Waals surface area (Å²) in [4.78, 5) is 34.5. The lowest BCUT2D eigenvalue weighted by Gasteiger charge is -2.40. The van der Waals surface area contributed by atoms with Crippen LogP contribution in [0.3, 0.4) is 0 Å². The van der Waals surface area contributed by atoms with Gasteiger partial charge in [-0.3, -0.25) is 9.59 Å². The van der Waals surface area contributed by atoms with Gasteiger partial charge >= 0.3 is 6.61 Å². The largest absolute Gasteiger partial charge is 0.435 e. The number of hydrogen-bond donors (Lipinski definition) is 3. The zero-order chi connectivity index (χ0) is 23.4. The minimum Gasteiger partial charge on any atom is -0.435 e. The fraction of sp³-hybridized carbons (Fsp3) is 0.300. The van der Waals surface area contributed by atoms with Gasteiger partial charge in [0.05, 0.1) is 6.54 Å². The fourth-order valence-electron chi connectivity index (χ4n) is 3.03. The molecule has 2 heterocycles. The molecule has 2 atom stereocenters. The number of carbonyl (C=O) groups excluding carboxylic acids is 2. The van der Waals surface area contributed by atoms with Crippen molar-refractivity contribution >= 4 is 29.1 Å². The second-order valence-electron chi connectivity index (χ2n) is 6.97. The van der Waals surface area contributed by atoms with Crippen molar-refractivity contribution in [2.45, 2.75) is 31.7 Å². The van der Waals surface area contributed by atoms with Gasteiger partial charge in [0.1, 0.15) is 17.6 Å². The molecule has 0 saturated carbocycles. The Morgan fingerprint density at radius 1 is 1.34 bits per heavy atom. The van der Waals surface area contributed by atoms with Crippen LogP contribution in [0.15, 0.2) is 37.2 Å². The number of nitrogens with one attached hydrogen (secondary N) is 1. The summed E-state index contributed by atoms with van der Waals surface area (Å²) in [6, 6.07) is 2.68. The molecule has 1 aliphatic rings. The predicted octanol–water partition coefficient (Wildman–Crippen LogP) is 1.61. The van der Waals surface area contributed by atoms with Crippen LogP contribution in [0.5, 0.6) is 5.75 Å². The summed E-state index contributed by atoms with van der Waals surface area (Å²) in [5.41, 5.74) is 6.40. The number of benzene rings is 1. The van der Waals surface area contributed by atoms with Gasteiger partial charge in [-0.2, -0.15) is 8.78 Å². The van der Waals surface area contributed by atoms with E-state index in [-0.39, 0.29) is 29.4 Å². The van der Waals surface area contributed by atoms with Crippen molar-refractivity contribution in [3.05, 3.63) is 59.1 Å². The van der Waals surface area contributed by atoms with Crippen molar-refractivity contribution in [1.29, 1.82) is 0 Å². The van der Waals surface area contributed by atoms with E-state index < -0.39 is 30.6 Å². The van der Waals surface area contributed by atoms with Gasteiger partial charge in [-0.05, 0) is 30.2 Å². The highest BCUT2D eigenvalue weighted by Gasteiger charge is 2.40. The molecule has 4 N–H and O–H groups in total. The topological polar surface area (TPSA) is 131 Å². The molecule has 1 saturated heterocycles. The summed E-state index contributed by atoms with van der Waals surface area (Å²) in [6.45, 7) is 0.762. The van der Waals surface area contributed by atoms with Crippen molar-refractivity contribution in [1.82, 2.24) is 20.2 Å².